The van der Waals surface area contributed by atoms with Crippen LogP contribution in [0.5, 0.6) is 0 Å². The first-order chi connectivity index (χ1) is 22.1. The molecule has 0 radical (unpaired) electrons. The highest BCUT2D eigenvalue weighted by Crippen LogP contribution is 2.42. The van der Waals surface area contributed by atoms with E-state index in [9.17, 15) is 9.59 Å². The Hall–Kier alpha value is -5.02. The molecule has 0 aliphatic heterocycles. The van der Waals surface area contributed by atoms with Gasteiger partial charge in [-0.3, -0.25) is 4.79 Å². The monoisotopic (exact) mass is 631 g/mol. The normalized spacial score (nSPS) is 12.7. The highest BCUT2D eigenvalue weighted by Gasteiger charge is 2.38. The number of hydrogen-bond donors (Lipinski definition) is 2. The van der Waals surface area contributed by atoms with E-state index in [1.807, 2.05) is 50.6 Å². The molecule has 2 N–H and O–H groups in total. The molecule has 0 saturated carbocycles. The average Bonchev–Trinajstić information content (AvgIpc) is 3.70. The number of carbonyl (C=O) groups excluding carboxylic acids is 1. The number of amides is 1. The molecule has 1 atom stereocenters. The quantitative estimate of drug-likeness (QED) is 0.166. The minimum atomic E-state index is -0.702. The van der Waals surface area contributed by atoms with Gasteiger partial charge in [-0.2, -0.15) is 0 Å². The Morgan fingerprint density at radius 1 is 0.891 bits per heavy atom. The fourth-order valence-corrected chi connectivity index (χ4v) is 6.79. The molecule has 3 aromatic heterocycles. The van der Waals surface area contributed by atoms with E-state index in [-0.39, 0.29) is 11.5 Å². The number of aromatic nitrogens is 4. The third kappa shape index (κ3) is 5.98. The van der Waals surface area contributed by atoms with Crippen LogP contribution in [0.2, 0.25) is 0 Å². The maximum Gasteiger partial charge on any atom is 0.408 e. The van der Waals surface area contributed by atoms with Gasteiger partial charge in [0.1, 0.15) is 21.7 Å². The highest BCUT2D eigenvalue weighted by atomic mass is 32.1. The van der Waals surface area contributed by atoms with Gasteiger partial charge in [-0.25, -0.2) is 14.8 Å². The van der Waals surface area contributed by atoms with E-state index in [4.69, 9.17) is 14.7 Å². The Morgan fingerprint density at radius 2 is 1.43 bits per heavy atom. The summed E-state index contributed by atoms with van der Waals surface area (Å²) < 4.78 is 8.11. The third-order valence-corrected chi connectivity index (χ3v) is 8.98. The smallest absolute Gasteiger partial charge is 0.408 e. The first-order valence-corrected chi connectivity index (χ1v) is 16.1. The van der Waals surface area contributed by atoms with Crippen LogP contribution in [0.1, 0.15) is 63.2 Å². The number of nitrogens with one attached hydrogen (secondary N) is 2. The lowest BCUT2D eigenvalue weighted by Crippen LogP contribution is -2.38. The number of ether oxygens (including phenoxy) is 1. The maximum absolute atomic E-state index is 13.4. The molecule has 0 saturated heterocycles. The minimum Gasteiger partial charge on any atom is -0.444 e. The number of carbonyl (C=O) groups is 1. The van der Waals surface area contributed by atoms with Crippen molar-refractivity contribution in [3.8, 4) is 10.6 Å². The Bertz CT molecular complexity index is 1910. The molecule has 234 valence electrons. The second kappa shape index (κ2) is 12.4. The molecule has 0 spiro atoms. The number of H-pyrrole nitrogens is 1. The van der Waals surface area contributed by atoms with E-state index in [1.54, 1.807) is 20.8 Å². The Morgan fingerprint density at radius 3 is 1.93 bits per heavy atom. The summed E-state index contributed by atoms with van der Waals surface area (Å²) in [6, 6.07) is 32.6. The number of thiophene rings is 1. The van der Waals surface area contributed by atoms with Crippen molar-refractivity contribution in [1.82, 2.24) is 24.8 Å². The molecule has 3 heterocycles. The van der Waals surface area contributed by atoms with Gasteiger partial charge >= 0.3 is 6.09 Å². The van der Waals surface area contributed by atoms with E-state index >= 15 is 0 Å². The molecule has 9 heteroatoms. The highest BCUT2D eigenvalue weighted by molar-refractivity contribution is 7.22. The van der Waals surface area contributed by atoms with Crippen molar-refractivity contribution in [1.29, 1.82) is 0 Å². The lowest BCUT2D eigenvalue weighted by molar-refractivity contribution is 0.0486. The number of imidazole rings is 1. The molecular formula is C37H37N5O3S. The van der Waals surface area contributed by atoms with E-state index in [1.165, 1.54) is 11.3 Å². The largest absolute Gasteiger partial charge is 0.444 e. The van der Waals surface area contributed by atoms with Crippen LogP contribution in [0.25, 0.3) is 20.8 Å². The Labute approximate surface area is 272 Å². The molecule has 0 bridgehead atoms. The van der Waals surface area contributed by atoms with Crippen molar-refractivity contribution in [2.75, 3.05) is 0 Å². The van der Waals surface area contributed by atoms with Crippen LogP contribution in [-0.2, 0) is 10.3 Å². The van der Waals surface area contributed by atoms with Gasteiger partial charge in [-0.05, 0) is 49.4 Å². The predicted molar refractivity (Wildman–Crippen MR) is 183 cm³/mol. The molecule has 3 aromatic carbocycles. The Balaban J connectivity index is 1.44. The molecule has 8 nitrogen and oxygen atoms in total. The standard InChI is InChI=1S/C37H37N5O3S/c1-24(2)31(40-35(44)45-36(3,4)5)33-39-28-21-30(46-32(28)34(43)41-33)29-22-42(23-38-29)37(25-15-9-6-10-16-25,26-17-11-7-12-18-26)27-19-13-8-14-20-27/h6-24,31H,1-5H3,(H,40,44)(H,39,41,43)/t31-/m0/s1. The third-order valence-electron chi connectivity index (χ3n) is 7.83. The summed E-state index contributed by atoms with van der Waals surface area (Å²) in [5, 5.41) is 2.88. The summed E-state index contributed by atoms with van der Waals surface area (Å²) in [7, 11) is 0. The van der Waals surface area contributed by atoms with Crippen LogP contribution in [-0.4, -0.2) is 31.2 Å². The lowest BCUT2D eigenvalue weighted by Gasteiger charge is -2.37. The van der Waals surface area contributed by atoms with Crippen LogP contribution >= 0.6 is 11.3 Å². The number of alkyl carbamates (subject to hydrolysis) is 1. The summed E-state index contributed by atoms with van der Waals surface area (Å²) in [5.41, 5.74) is 2.93. The lowest BCUT2D eigenvalue weighted by atomic mass is 9.77. The van der Waals surface area contributed by atoms with Gasteiger partial charge in [0.25, 0.3) is 5.56 Å². The topological polar surface area (TPSA) is 102 Å². The van der Waals surface area contributed by atoms with Crippen LogP contribution < -0.4 is 10.9 Å². The van der Waals surface area contributed by atoms with Gasteiger partial charge in [0.05, 0.1) is 28.5 Å². The van der Waals surface area contributed by atoms with Gasteiger partial charge in [0.2, 0.25) is 0 Å². The van der Waals surface area contributed by atoms with Crippen LogP contribution in [0.3, 0.4) is 0 Å². The van der Waals surface area contributed by atoms with Crippen molar-refractivity contribution in [2.45, 2.75) is 51.8 Å². The van der Waals surface area contributed by atoms with E-state index in [0.717, 1.165) is 27.3 Å². The van der Waals surface area contributed by atoms with Crippen LogP contribution in [0.4, 0.5) is 4.79 Å². The first-order valence-electron chi connectivity index (χ1n) is 15.3. The SMILES string of the molecule is CC(C)[C@H](NC(=O)OC(C)(C)C)c1nc2cc(-c3cn(C(c4ccccc4)(c4ccccc4)c4ccccc4)cn3)sc2c(=O)[nH]1. The molecule has 0 fully saturated rings. The van der Waals surface area contributed by atoms with Crippen LogP contribution in [0.15, 0.2) is 114 Å². The fraction of sp³-hybridized carbons (Fsp3) is 0.243. The molecule has 46 heavy (non-hydrogen) atoms. The molecule has 0 aliphatic carbocycles. The number of nitrogens with zero attached hydrogens (tertiary/aromatic N) is 3. The second-order valence-electron chi connectivity index (χ2n) is 12.6. The zero-order chi connectivity index (χ0) is 32.5. The van der Waals surface area contributed by atoms with E-state index in [2.05, 4.69) is 87.7 Å². The molecule has 0 unspecified atom stereocenters. The summed E-state index contributed by atoms with van der Waals surface area (Å²) in [6.07, 6.45) is 3.33. The molecule has 1 amide bonds. The average molecular weight is 632 g/mol. The zero-order valence-corrected chi connectivity index (χ0v) is 27.3. The zero-order valence-electron chi connectivity index (χ0n) is 26.5. The number of fused-ring (bicyclic) bond motifs is 1. The van der Waals surface area contributed by atoms with Crippen molar-refractivity contribution < 1.29 is 9.53 Å². The van der Waals surface area contributed by atoms with Gasteiger partial charge in [-0.15, -0.1) is 11.3 Å². The number of rotatable bonds is 8. The summed E-state index contributed by atoms with van der Waals surface area (Å²) >= 11 is 1.34. The second-order valence-corrected chi connectivity index (χ2v) is 13.7. The summed E-state index contributed by atoms with van der Waals surface area (Å²) in [4.78, 5) is 39.4. The van der Waals surface area contributed by atoms with Crippen molar-refractivity contribution in [3.05, 3.63) is 142 Å². The molecular weight excluding hydrogens is 595 g/mol. The summed E-state index contributed by atoms with van der Waals surface area (Å²) in [5.74, 6) is 0.327. The summed E-state index contributed by atoms with van der Waals surface area (Å²) in [6.45, 7) is 9.33. The Kier molecular flexibility index (Phi) is 8.35. The van der Waals surface area contributed by atoms with E-state index < -0.39 is 23.3 Å². The van der Waals surface area contributed by atoms with Crippen LogP contribution in [0, 0.1) is 5.92 Å². The van der Waals surface area contributed by atoms with Crippen molar-refractivity contribution >= 4 is 27.6 Å². The maximum atomic E-state index is 13.4. The molecule has 0 aliphatic rings. The fourth-order valence-electron chi connectivity index (χ4n) is 5.84. The minimum absolute atomic E-state index is 0.0518. The first kappa shape index (κ1) is 31.0. The predicted octanol–water partition coefficient (Wildman–Crippen LogP) is 7.91. The van der Waals surface area contributed by atoms with Crippen molar-refractivity contribution in [2.24, 2.45) is 5.92 Å². The van der Waals surface area contributed by atoms with Gasteiger partial charge < -0.3 is 19.6 Å². The number of hydrogen-bond acceptors (Lipinski definition) is 6. The number of aromatic amines is 1. The number of benzene rings is 3. The molecule has 6 aromatic rings. The molecule has 6 rings (SSSR count). The van der Waals surface area contributed by atoms with Gasteiger partial charge in [0.15, 0.2) is 0 Å². The van der Waals surface area contributed by atoms with E-state index in [0.29, 0.717) is 16.0 Å². The van der Waals surface area contributed by atoms with Gasteiger partial charge in [-0.1, -0.05) is 105 Å². The van der Waals surface area contributed by atoms with Crippen molar-refractivity contribution in [3.63, 3.8) is 0 Å². The van der Waals surface area contributed by atoms with Gasteiger partial charge in [0, 0.05) is 6.20 Å².